The largest absolute Gasteiger partial charge is 0.445 e. The molecular weight excluding hydrogens is 428 g/mol. The van der Waals surface area contributed by atoms with Gasteiger partial charge in [-0.2, -0.15) is 0 Å². The van der Waals surface area contributed by atoms with Crippen LogP contribution in [0.1, 0.15) is 29.4 Å². The van der Waals surface area contributed by atoms with E-state index in [2.05, 4.69) is 25.0 Å². The molecule has 1 saturated heterocycles. The summed E-state index contributed by atoms with van der Waals surface area (Å²) in [6.07, 6.45) is 3.08. The summed E-state index contributed by atoms with van der Waals surface area (Å²) >= 11 is 1.45. The molecule has 1 aromatic heterocycles. The van der Waals surface area contributed by atoms with Crippen LogP contribution in [0.3, 0.4) is 0 Å². The molecule has 0 bridgehead atoms. The van der Waals surface area contributed by atoms with E-state index in [-0.39, 0.29) is 30.2 Å². The van der Waals surface area contributed by atoms with Crippen LogP contribution in [0.25, 0.3) is 0 Å². The number of carbonyl (C=O) groups is 1. The average Bonchev–Trinajstić information content (AvgIpc) is 2.76. The SMILES string of the molecule is C[C@H]1C[C@H]2CSC(N)=N[C@@]2(c2cc(NC(=O)c3cnc(OCF)cn3)ccc2F)CO1. The minimum absolute atomic E-state index is 0.000667. The molecule has 0 radical (unpaired) electrons. The third-order valence-electron chi connectivity index (χ3n) is 5.38. The van der Waals surface area contributed by atoms with E-state index >= 15 is 0 Å². The van der Waals surface area contributed by atoms with E-state index in [4.69, 9.17) is 10.5 Å². The molecule has 3 atom stereocenters. The smallest absolute Gasteiger partial charge is 0.275 e. The Morgan fingerprint density at radius 2 is 2.26 bits per heavy atom. The first-order valence-corrected chi connectivity index (χ1v) is 10.6. The van der Waals surface area contributed by atoms with Crippen LogP contribution < -0.4 is 15.8 Å². The van der Waals surface area contributed by atoms with Crippen LogP contribution >= 0.6 is 11.8 Å². The van der Waals surface area contributed by atoms with Crippen LogP contribution in [0.5, 0.6) is 5.88 Å². The van der Waals surface area contributed by atoms with Gasteiger partial charge in [0.25, 0.3) is 5.91 Å². The summed E-state index contributed by atoms with van der Waals surface area (Å²) in [7, 11) is 0. The molecule has 0 unspecified atom stereocenters. The molecule has 0 saturated carbocycles. The number of nitrogens with one attached hydrogen (secondary N) is 1. The number of amidine groups is 1. The molecule has 0 spiro atoms. The zero-order chi connectivity index (χ0) is 22.0. The van der Waals surface area contributed by atoms with Gasteiger partial charge in [-0.25, -0.2) is 23.7 Å². The summed E-state index contributed by atoms with van der Waals surface area (Å²) in [5, 5.41) is 3.06. The number of thioether (sulfide) groups is 1. The molecule has 4 rings (SSSR count). The summed E-state index contributed by atoms with van der Waals surface area (Å²) in [6.45, 7) is 1.14. The van der Waals surface area contributed by atoms with Crippen molar-refractivity contribution in [2.45, 2.75) is 25.0 Å². The first-order chi connectivity index (χ1) is 14.9. The van der Waals surface area contributed by atoms with Crippen molar-refractivity contribution in [1.82, 2.24) is 9.97 Å². The van der Waals surface area contributed by atoms with Crippen LogP contribution in [0, 0.1) is 11.7 Å². The zero-order valence-electron chi connectivity index (χ0n) is 16.7. The van der Waals surface area contributed by atoms with Crippen molar-refractivity contribution in [3.63, 3.8) is 0 Å². The predicted octanol–water partition coefficient (Wildman–Crippen LogP) is 2.86. The molecule has 164 valence electrons. The normalized spacial score (nSPS) is 25.3. The van der Waals surface area contributed by atoms with Crippen molar-refractivity contribution >= 4 is 28.5 Å². The van der Waals surface area contributed by atoms with Gasteiger partial charge in [-0.3, -0.25) is 4.79 Å². The van der Waals surface area contributed by atoms with Crippen LogP contribution in [0.2, 0.25) is 0 Å². The van der Waals surface area contributed by atoms with E-state index < -0.39 is 24.1 Å². The summed E-state index contributed by atoms with van der Waals surface area (Å²) in [5.41, 5.74) is 5.74. The number of halogens is 2. The maximum atomic E-state index is 15.0. The Labute approximate surface area is 181 Å². The number of aromatic nitrogens is 2. The Hall–Kier alpha value is -2.79. The number of hydrogen-bond donors (Lipinski definition) is 2. The van der Waals surface area contributed by atoms with E-state index in [0.717, 1.165) is 12.6 Å². The van der Waals surface area contributed by atoms with E-state index in [1.807, 2.05) is 6.92 Å². The van der Waals surface area contributed by atoms with Crippen molar-refractivity contribution in [3.8, 4) is 5.88 Å². The maximum absolute atomic E-state index is 15.0. The van der Waals surface area contributed by atoms with E-state index in [1.165, 1.54) is 30.1 Å². The highest BCUT2D eigenvalue weighted by atomic mass is 32.2. The van der Waals surface area contributed by atoms with Gasteiger partial charge >= 0.3 is 0 Å². The number of nitrogens with zero attached hydrogens (tertiary/aromatic N) is 3. The van der Waals surface area contributed by atoms with E-state index in [9.17, 15) is 13.6 Å². The second kappa shape index (κ2) is 8.75. The summed E-state index contributed by atoms with van der Waals surface area (Å²) in [6, 6.07) is 4.29. The fourth-order valence-corrected chi connectivity index (χ4v) is 4.86. The topological polar surface area (TPSA) is 112 Å². The van der Waals surface area contributed by atoms with Gasteiger partial charge in [-0.1, -0.05) is 11.8 Å². The maximum Gasteiger partial charge on any atom is 0.275 e. The number of anilines is 1. The molecule has 0 aliphatic carbocycles. The lowest BCUT2D eigenvalue weighted by atomic mass is 9.75. The number of nitrogens with two attached hydrogens (primary N) is 1. The molecule has 1 aromatic carbocycles. The standard InChI is InChI=1S/C20H21F2N5O3S/c1-11-4-12-8-31-19(23)27-20(12,9-29-11)14-5-13(2-3-15(14)22)26-18(28)16-6-25-17(7-24-16)30-10-21/h2-3,5-7,11-12H,4,8-10H2,1H3,(H2,23,27)(H,26,28)/t11-,12-,20-/m0/s1. The van der Waals surface area contributed by atoms with E-state index in [1.54, 1.807) is 6.07 Å². The van der Waals surface area contributed by atoms with Gasteiger partial charge in [0.15, 0.2) is 5.17 Å². The molecule has 3 N–H and O–H groups in total. The molecule has 1 amide bonds. The fraction of sp³-hybridized carbons (Fsp3) is 0.400. The minimum atomic E-state index is -1.05. The number of amides is 1. The van der Waals surface area contributed by atoms with Crippen molar-refractivity contribution in [2.24, 2.45) is 16.6 Å². The van der Waals surface area contributed by atoms with E-state index in [0.29, 0.717) is 22.2 Å². The highest BCUT2D eigenvalue weighted by Crippen LogP contribution is 2.47. The van der Waals surface area contributed by atoms with Gasteiger partial charge in [-0.05, 0) is 31.5 Å². The van der Waals surface area contributed by atoms with Crippen LogP contribution in [0.4, 0.5) is 14.5 Å². The molecule has 11 heteroatoms. The minimum Gasteiger partial charge on any atom is -0.445 e. The first kappa shape index (κ1) is 21.4. The monoisotopic (exact) mass is 449 g/mol. The van der Waals surface area contributed by atoms with Gasteiger partial charge < -0.3 is 20.5 Å². The van der Waals surface area contributed by atoms with Crippen LogP contribution in [0.15, 0.2) is 35.6 Å². The van der Waals surface area contributed by atoms with Crippen LogP contribution in [-0.2, 0) is 10.3 Å². The number of rotatable bonds is 5. The van der Waals surface area contributed by atoms with Gasteiger partial charge in [0, 0.05) is 22.9 Å². The number of fused-ring (bicyclic) bond motifs is 1. The fourth-order valence-electron chi connectivity index (χ4n) is 3.85. The number of benzene rings is 1. The van der Waals surface area contributed by atoms with Crippen molar-refractivity contribution in [2.75, 3.05) is 24.5 Å². The van der Waals surface area contributed by atoms with Gasteiger partial charge in [0.1, 0.15) is 17.1 Å². The van der Waals surface area contributed by atoms with Crippen molar-refractivity contribution in [3.05, 3.63) is 47.7 Å². The second-order valence-corrected chi connectivity index (χ2v) is 8.42. The van der Waals surface area contributed by atoms with Crippen LogP contribution in [-0.4, -0.2) is 46.4 Å². The third-order valence-corrected chi connectivity index (χ3v) is 6.33. The average molecular weight is 449 g/mol. The molecule has 2 aromatic rings. The lowest BCUT2D eigenvalue weighted by molar-refractivity contribution is -0.0476. The molecule has 2 aliphatic rings. The Bertz CT molecular complexity index is 1010. The second-order valence-electron chi connectivity index (χ2n) is 7.38. The third kappa shape index (κ3) is 4.33. The molecule has 2 aliphatic heterocycles. The summed E-state index contributed by atoms with van der Waals surface area (Å²) in [4.78, 5) is 24.9. The number of ether oxygens (including phenoxy) is 2. The lowest BCUT2D eigenvalue weighted by Crippen LogP contribution is -2.50. The highest BCUT2D eigenvalue weighted by Gasteiger charge is 2.48. The molecule has 3 heterocycles. The first-order valence-electron chi connectivity index (χ1n) is 9.63. The van der Waals surface area contributed by atoms with Gasteiger partial charge in [0.2, 0.25) is 12.7 Å². The van der Waals surface area contributed by atoms with Crippen molar-refractivity contribution in [1.29, 1.82) is 0 Å². The molecule has 8 nitrogen and oxygen atoms in total. The van der Waals surface area contributed by atoms with Crippen molar-refractivity contribution < 1.29 is 23.0 Å². The summed E-state index contributed by atoms with van der Waals surface area (Å²) in [5.74, 6) is -0.283. The molecule has 1 fully saturated rings. The Balaban J connectivity index is 1.62. The molecule has 31 heavy (non-hydrogen) atoms. The Morgan fingerprint density at radius 1 is 1.42 bits per heavy atom. The quantitative estimate of drug-likeness (QED) is 0.722. The van der Waals surface area contributed by atoms with Gasteiger partial charge in [0.05, 0.1) is 25.1 Å². The number of alkyl halides is 1. The Morgan fingerprint density at radius 3 is 3.00 bits per heavy atom. The zero-order valence-corrected chi connectivity index (χ0v) is 17.5. The lowest BCUT2D eigenvalue weighted by Gasteiger charge is -2.45. The highest BCUT2D eigenvalue weighted by molar-refractivity contribution is 8.13. The number of aliphatic imine (C=N–C) groups is 1. The number of carbonyl (C=O) groups excluding carboxylic acids is 1. The summed E-state index contributed by atoms with van der Waals surface area (Å²) < 4.78 is 37.6. The van der Waals surface area contributed by atoms with Gasteiger partial charge in [-0.15, -0.1) is 0 Å². The molecular formula is C20H21F2N5O3S. The predicted molar refractivity (Wildman–Crippen MR) is 112 cm³/mol. The Kier molecular flexibility index (Phi) is 6.05. The number of hydrogen-bond acceptors (Lipinski definition) is 8.